The molecule has 4 rings (SSSR count). The monoisotopic (exact) mass is 423 g/mol. The average Bonchev–Trinajstić information content (AvgIpc) is 3.13. The third-order valence-corrected chi connectivity index (χ3v) is 6.09. The molecular formula is C23H22ClN3OS. The highest BCUT2D eigenvalue weighted by atomic mass is 35.5. The number of hydrogen-bond acceptors (Lipinski definition) is 4. The zero-order chi connectivity index (χ0) is 20.2. The van der Waals surface area contributed by atoms with Gasteiger partial charge in [0.05, 0.1) is 0 Å². The Morgan fingerprint density at radius 3 is 2.69 bits per heavy atom. The maximum absolute atomic E-state index is 6.02. The summed E-state index contributed by atoms with van der Waals surface area (Å²) in [4.78, 5) is 0. The van der Waals surface area contributed by atoms with Gasteiger partial charge in [0, 0.05) is 17.3 Å². The Kier molecular flexibility index (Phi) is 6.07. The van der Waals surface area contributed by atoms with Crippen molar-refractivity contribution in [1.29, 1.82) is 0 Å². The molecule has 0 bridgehead atoms. The highest BCUT2D eigenvalue weighted by Crippen LogP contribution is 2.27. The van der Waals surface area contributed by atoms with Crippen LogP contribution < -0.4 is 4.74 Å². The van der Waals surface area contributed by atoms with E-state index in [-0.39, 0.29) is 0 Å². The van der Waals surface area contributed by atoms with Gasteiger partial charge in [-0.3, -0.25) is 0 Å². The van der Waals surface area contributed by atoms with E-state index in [1.807, 2.05) is 25.1 Å². The van der Waals surface area contributed by atoms with E-state index in [1.165, 1.54) is 16.3 Å². The van der Waals surface area contributed by atoms with Crippen LogP contribution in [0.1, 0.15) is 23.9 Å². The Morgan fingerprint density at radius 2 is 1.86 bits per heavy atom. The summed E-state index contributed by atoms with van der Waals surface area (Å²) in [5.74, 6) is 2.48. The number of aryl methyl sites for hydroxylation is 1. The molecule has 0 unspecified atom stereocenters. The van der Waals surface area contributed by atoms with Gasteiger partial charge in [-0.2, -0.15) is 0 Å². The Morgan fingerprint density at radius 1 is 1.03 bits per heavy atom. The standard InChI is InChI=1S/C23H22ClN3OS/c1-3-27-22(14-28-21-12-11-19(24)13-16(21)2)25-26-23(27)29-15-18-9-6-8-17-7-4-5-10-20(17)18/h4-13H,3,14-15H2,1-2H3. The Balaban J connectivity index is 1.48. The number of fused-ring (bicyclic) bond motifs is 1. The molecule has 0 N–H and O–H groups in total. The maximum Gasteiger partial charge on any atom is 0.191 e. The zero-order valence-corrected chi connectivity index (χ0v) is 18.0. The second kappa shape index (κ2) is 8.89. The van der Waals surface area contributed by atoms with Crippen LogP contribution in [0.25, 0.3) is 10.8 Å². The van der Waals surface area contributed by atoms with Crippen LogP contribution in [0.4, 0.5) is 0 Å². The molecule has 0 atom stereocenters. The first-order chi connectivity index (χ1) is 14.2. The molecule has 0 spiro atoms. The fraction of sp³-hybridized carbons (Fsp3) is 0.217. The van der Waals surface area contributed by atoms with Gasteiger partial charge in [-0.1, -0.05) is 65.8 Å². The first kappa shape index (κ1) is 19.8. The van der Waals surface area contributed by atoms with Gasteiger partial charge in [0.1, 0.15) is 12.4 Å². The molecule has 0 fully saturated rings. The molecule has 0 aliphatic rings. The molecule has 4 aromatic rings. The van der Waals surface area contributed by atoms with Gasteiger partial charge in [0.15, 0.2) is 11.0 Å². The minimum atomic E-state index is 0.373. The summed E-state index contributed by atoms with van der Waals surface area (Å²) < 4.78 is 8.08. The van der Waals surface area contributed by atoms with Crippen molar-refractivity contribution in [1.82, 2.24) is 14.8 Å². The van der Waals surface area contributed by atoms with Gasteiger partial charge in [-0.25, -0.2) is 0 Å². The predicted molar refractivity (Wildman–Crippen MR) is 120 cm³/mol. The lowest BCUT2D eigenvalue weighted by atomic mass is 10.1. The summed E-state index contributed by atoms with van der Waals surface area (Å²) >= 11 is 7.73. The first-order valence-corrected chi connectivity index (χ1v) is 10.9. The smallest absolute Gasteiger partial charge is 0.191 e. The van der Waals surface area contributed by atoms with Crippen molar-refractivity contribution in [2.24, 2.45) is 0 Å². The van der Waals surface area contributed by atoms with E-state index in [1.54, 1.807) is 11.8 Å². The van der Waals surface area contributed by atoms with Crippen LogP contribution in [-0.4, -0.2) is 14.8 Å². The van der Waals surface area contributed by atoms with Crippen LogP contribution in [0.5, 0.6) is 5.75 Å². The first-order valence-electron chi connectivity index (χ1n) is 9.56. The number of benzene rings is 3. The second-order valence-corrected chi connectivity index (χ2v) is 8.15. The lowest BCUT2D eigenvalue weighted by Gasteiger charge is -2.11. The molecule has 3 aromatic carbocycles. The largest absolute Gasteiger partial charge is 0.485 e. The Labute approximate surface area is 179 Å². The third-order valence-electron chi connectivity index (χ3n) is 4.84. The lowest BCUT2D eigenvalue weighted by molar-refractivity contribution is 0.286. The normalized spacial score (nSPS) is 11.1. The van der Waals surface area contributed by atoms with E-state index in [2.05, 4.69) is 64.2 Å². The van der Waals surface area contributed by atoms with Gasteiger partial charge in [0.25, 0.3) is 0 Å². The molecule has 29 heavy (non-hydrogen) atoms. The Bertz CT molecular complexity index is 1140. The quantitative estimate of drug-likeness (QED) is 0.328. The average molecular weight is 424 g/mol. The van der Waals surface area contributed by atoms with Crippen LogP contribution in [-0.2, 0) is 18.9 Å². The highest BCUT2D eigenvalue weighted by Gasteiger charge is 2.13. The number of hydrogen-bond donors (Lipinski definition) is 0. The molecule has 0 radical (unpaired) electrons. The summed E-state index contributed by atoms with van der Waals surface area (Å²) in [7, 11) is 0. The minimum absolute atomic E-state index is 0.373. The number of ether oxygens (including phenoxy) is 1. The predicted octanol–water partition coefficient (Wildman–Crippen LogP) is 6.28. The molecule has 148 valence electrons. The van der Waals surface area contributed by atoms with Crippen molar-refractivity contribution in [3.8, 4) is 5.75 Å². The van der Waals surface area contributed by atoms with Gasteiger partial charge < -0.3 is 9.30 Å². The molecule has 0 amide bonds. The lowest BCUT2D eigenvalue weighted by Crippen LogP contribution is -2.07. The van der Waals surface area contributed by atoms with Gasteiger partial charge >= 0.3 is 0 Å². The minimum Gasteiger partial charge on any atom is -0.485 e. The van der Waals surface area contributed by atoms with Crippen LogP contribution in [0.3, 0.4) is 0 Å². The Hall–Kier alpha value is -2.50. The van der Waals surface area contributed by atoms with E-state index >= 15 is 0 Å². The van der Waals surface area contributed by atoms with Crippen LogP contribution in [0, 0.1) is 6.92 Å². The van der Waals surface area contributed by atoms with Crippen LogP contribution in [0.2, 0.25) is 5.02 Å². The van der Waals surface area contributed by atoms with Crippen molar-refractivity contribution in [3.63, 3.8) is 0 Å². The van der Waals surface area contributed by atoms with Crippen molar-refractivity contribution < 1.29 is 4.74 Å². The fourth-order valence-electron chi connectivity index (χ4n) is 3.33. The van der Waals surface area contributed by atoms with Gasteiger partial charge in [-0.15, -0.1) is 10.2 Å². The molecule has 0 aliphatic carbocycles. The van der Waals surface area contributed by atoms with E-state index in [4.69, 9.17) is 16.3 Å². The summed E-state index contributed by atoms with van der Waals surface area (Å²) in [6, 6.07) is 20.5. The summed E-state index contributed by atoms with van der Waals surface area (Å²) in [6.07, 6.45) is 0. The molecule has 6 heteroatoms. The van der Waals surface area contributed by atoms with Crippen molar-refractivity contribution in [3.05, 3.63) is 82.6 Å². The molecular weight excluding hydrogens is 402 g/mol. The molecule has 1 aromatic heterocycles. The zero-order valence-electron chi connectivity index (χ0n) is 16.4. The van der Waals surface area contributed by atoms with Crippen LogP contribution in [0.15, 0.2) is 65.8 Å². The molecule has 1 heterocycles. The fourth-order valence-corrected chi connectivity index (χ4v) is 4.58. The van der Waals surface area contributed by atoms with E-state index in [0.29, 0.717) is 11.6 Å². The van der Waals surface area contributed by atoms with Gasteiger partial charge in [-0.05, 0) is 53.9 Å². The van der Waals surface area contributed by atoms with Crippen molar-refractivity contribution in [2.45, 2.75) is 37.9 Å². The molecule has 0 saturated carbocycles. The van der Waals surface area contributed by atoms with Crippen LogP contribution >= 0.6 is 23.4 Å². The number of halogens is 1. The highest BCUT2D eigenvalue weighted by molar-refractivity contribution is 7.98. The maximum atomic E-state index is 6.02. The number of aromatic nitrogens is 3. The van der Waals surface area contributed by atoms with E-state index < -0.39 is 0 Å². The van der Waals surface area contributed by atoms with Gasteiger partial charge in [0.2, 0.25) is 0 Å². The third kappa shape index (κ3) is 4.41. The van der Waals surface area contributed by atoms with Crippen molar-refractivity contribution in [2.75, 3.05) is 0 Å². The molecule has 0 saturated heterocycles. The SMILES string of the molecule is CCn1c(COc2ccc(Cl)cc2C)nnc1SCc1cccc2ccccc12. The number of rotatable bonds is 7. The van der Waals surface area contributed by atoms with E-state index in [0.717, 1.165) is 34.6 Å². The second-order valence-electron chi connectivity index (χ2n) is 6.77. The summed E-state index contributed by atoms with van der Waals surface area (Å²) in [6.45, 7) is 5.25. The number of nitrogens with zero attached hydrogens (tertiary/aromatic N) is 3. The molecule has 0 aliphatic heterocycles. The number of thioether (sulfide) groups is 1. The summed E-state index contributed by atoms with van der Waals surface area (Å²) in [5.41, 5.74) is 2.30. The summed E-state index contributed by atoms with van der Waals surface area (Å²) in [5, 5.41) is 12.9. The van der Waals surface area contributed by atoms with E-state index in [9.17, 15) is 0 Å². The molecule has 4 nitrogen and oxygen atoms in total. The topological polar surface area (TPSA) is 39.9 Å². The van der Waals surface area contributed by atoms with Crippen molar-refractivity contribution >= 4 is 34.1 Å².